The summed E-state index contributed by atoms with van der Waals surface area (Å²) in [6, 6.07) is 0.0378. The molecule has 1 aliphatic rings. The number of amides is 2. The van der Waals surface area contributed by atoms with E-state index in [0.29, 0.717) is 6.54 Å². The molecule has 2 atom stereocenters. The molecule has 1 aliphatic carbocycles. The fourth-order valence-electron chi connectivity index (χ4n) is 2.65. The molecule has 0 saturated heterocycles. The lowest BCUT2D eigenvalue weighted by Gasteiger charge is -2.28. The van der Waals surface area contributed by atoms with Crippen LogP contribution in [0.15, 0.2) is 0 Å². The molecule has 2 unspecified atom stereocenters. The van der Waals surface area contributed by atoms with Crippen molar-refractivity contribution in [1.82, 2.24) is 10.6 Å². The molecule has 0 radical (unpaired) electrons. The van der Waals surface area contributed by atoms with Crippen LogP contribution in [0.3, 0.4) is 0 Å². The van der Waals surface area contributed by atoms with Crippen molar-refractivity contribution in [3.05, 3.63) is 0 Å². The smallest absolute Gasteiger partial charge is 0.315 e. The second-order valence-electron chi connectivity index (χ2n) is 6.16. The summed E-state index contributed by atoms with van der Waals surface area (Å²) in [6.45, 7) is 6.70. The molecule has 3 N–H and O–H groups in total. The summed E-state index contributed by atoms with van der Waals surface area (Å²) < 4.78 is 0. The molecule has 0 aliphatic heterocycles. The minimum absolute atomic E-state index is 0.000150. The van der Waals surface area contributed by atoms with Crippen LogP contribution in [0, 0.1) is 11.3 Å². The molecule has 0 heterocycles. The highest BCUT2D eigenvalue weighted by Gasteiger charge is 2.35. The van der Waals surface area contributed by atoms with Crippen molar-refractivity contribution < 1.29 is 14.7 Å². The molecule has 0 aromatic heterocycles. The summed E-state index contributed by atoms with van der Waals surface area (Å²) >= 11 is 0. The number of rotatable bonds is 6. The Hall–Kier alpha value is -1.26. The number of carbonyl (C=O) groups is 2. The largest absolute Gasteiger partial charge is 0.481 e. The first-order chi connectivity index (χ1) is 8.85. The number of carboxylic acid groups (broad SMARTS) is 1. The number of hydrogen-bond donors (Lipinski definition) is 3. The summed E-state index contributed by atoms with van der Waals surface area (Å²) in [6.07, 6.45) is 4.16. The molecule has 0 aromatic rings. The fourth-order valence-corrected chi connectivity index (χ4v) is 2.65. The summed E-state index contributed by atoms with van der Waals surface area (Å²) in [7, 11) is 0. The van der Waals surface area contributed by atoms with Gasteiger partial charge in [0, 0.05) is 19.0 Å². The van der Waals surface area contributed by atoms with Gasteiger partial charge in [-0.25, -0.2) is 4.79 Å². The second-order valence-corrected chi connectivity index (χ2v) is 6.16. The van der Waals surface area contributed by atoms with Gasteiger partial charge in [-0.3, -0.25) is 4.79 Å². The van der Waals surface area contributed by atoms with Gasteiger partial charge in [-0.05, 0) is 24.2 Å². The van der Waals surface area contributed by atoms with E-state index in [0.717, 1.165) is 25.7 Å². The van der Waals surface area contributed by atoms with Gasteiger partial charge >= 0.3 is 12.0 Å². The highest BCUT2D eigenvalue weighted by molar-refractivity contribution is 5.74. The Bertz CT molecular complexity index is 329. The summed E-state index contributed by atoms with van der Waals surface area (Å²) in [5.74, 6) is -0.814. The molecule has 5 heteroatoms. The van der Waals surface area contributed by atoms with Crippen LogP contribution >= 0.6 is 0 Å². The van der Waals surface area contributed by atoms with Crippen molar-refractivity contribution in [1.29, 1.82) is 0 Å². The van der Waals surface area contributed by atoms with Crippen LogP contribution in [-0.2, 0) is 4.79 Å². The van der Waals surface area contributed by atoms with Crippen molar-refractivity contribution in [2.24, 2.45) is 11.3 Å². The molecular weight excluding hydrogens is 244 g/mol. The molecule has 2 amide bonds. The molecule has 1 saturated carbocycles. The molecule has 0 bridgehead atoms. The summed E-state index contributed by atoms with van der Waals surface area (Å²) in [5, 5.41) is 14.5. The molecule has 110 valence electrons. The average Bonchev–Trinajstić information content (AvgIpc) is 2.63. The lowest BCUT2D eigenvalue weighted by molar-refractivity contribution is -0.138. The van der Waals surface area contributed by atoms with Crippen LogP contribution in [0.2, 0.25) is 0 Å². The molecule has 1 fully saturated rings. The Morgan fingerprint density at radius 1 is 1.42 bits per heavy atom. The zero-order valence-corrected chi connectivity index (χ0v) is 12.2. The first-order valence-electron chi connectivity index (χ1n) is 7.11. The van der Waals surface area contributed by atoms with Crippen LogP contribution in [-0.4, -0.2) is 29.7 Å². The highest BCUT2D eigenvalue weighted by atomic mass is 16.4. The zero-order valence-electron chi connectivity index (χ0n) is 12.2. The fraction of sp³-hybridized carbons (Fsp3) is 0.857. The van der Waals surface area contributed by atoms with Crippen molar-refractivity contribution in [3.8, 4) is 0 Å². The van der Waals surface area contributed by atoms with E-state index < -0.39 is 5.97 Å². The monoisotopic (exact) mass is 270 g/mol. The molecule has 5 nitrogen and oxygen atoms in total. The Balaban J connectivity index is 2.33. The van der Waals surface area contributed by atoms with Crippen LogP contribution in [0.5, 0.6) is 0 Å². The minimum Gasteiger partial charge on any atom is -0.481 e. The van der Waals surface area contributed by atoms with E-state index in [4.69, 9.17) is 5.11 Å². The van der Waals surface area contributed by atoms with Gasteiger partial charge in [-0.1, -0.05) is 33.6 Å². The van der Waals surface area contributed by atoms with Gasteiger partial charge in [0.2, 0.25) is 0 Å². The Kier molecular flexibility index (Phi) is 5.63. The van der Waals surface area contributed by atoms with E-state index in [9.17, 15) is 9.59 Å². The van der Waals surface area contributed by atoms with Gasteiger partial charge in [-0.2, -0.15) is 0 Å². The van der Waals surface area contributed by atoms with Gasteiger partial charge < -0.3 is 15.7 Å². The third kappa shape index (κ3) is 5.09. The number of carboxylic acids is 1. The molecule has 19 heavy (non-hydrogen) atoms. The van der Waals surface area contributed by atoms with Crippen LogP contribution in [0.4, 0.5) is 4.79 Å². The van der Waals surface area contributed by atoms with Gasteiger partial charge in [0.05, 0.1) is 0 Å². The number of aliphatic carboxylic acids is 1. The van der Waals surface area contributed by atoms with Crippen molar-refractivity contribution in [2.45, 2.75) is 58.9 Å². The van der Waals surface area contributed by atoms with Gasteiger partial charge in [-0.15, -0.1) is 0 Å². The molecule has 0 spiro atoms. The number of urea groups is 1. The predicted molar refractivity (Wildman–Crippen MR) is 74.0 cm³/mol. The molecule has 1 rings (SSSR count). The third-order valence-electron chi connectivity index (χ3n) is 4.15. The van der Waals surface area contributed by atoms with Crippen LogP contribution in [0.1, 0.15) is 52.9 Å². The van der Waals surface area contributed by atoms with Crippen molar-refractivity contribution in [3.63, 3.8) is 0 Å². The number of nitrogens with one attached hydrogen (secondary N) is 2. The normalized spacial score (nSPS) is 22.8. The van der Waals surface area contributed by atoms with E-state index in [1.54, 1.807) is 0 Å². The van der Waals surface area contributed by atoms with Crippen LogP contribution < -0.4 is 10.6 Å². The lowest BCUT2D eigenvalue weighted by atomic mass is 9.87. The van der Waals surface area contributed by atoms with E-state index >= 15 is 0 Å². The predicted octanol–water partition coefficient (Wildman–Crippen LogP) is 2.37. The third-order valence-corrected chi connectivity index (χ3v) is 4.15. The van der Waals surface area contributed by atoms with E-state index in [1.807, 2.05) is 6.92 Å². The Morgan fingerprint density at radius 2 is 2.11 bits per heavy atom. The van der Waals surface area contributed by atoms with Gasteiger partial charge in [0.25, 0.3) is 0 Å². The summed E-state index contributed by atoms with van der Waals surface area (Å²) in [5.41, 5.74) is 0.155. The maximum atomic E-state index is 11.8. The standard InChI is InChI=1S/C14H26N2O3/c1-4-10(8-12(17)18)9-15-13(19)16-11-6-5-7-14(11,2)3/h10-11H,4-9H2,1-3H3,(H,17,18)(H2,15,16,19). The Morgan fingerprint density at radius 3 is 2.58 bits per heavy atom. The van der Waals surface area contributed by atoms with E-state index in [-0.39, 0.29) is 29.8 Å². The van der Waals surface area contributed by atoms with Crippen molar-refractivity contribution >= 4 is 12.0 Å². The van der Waals surface area contributed by atoms with Gasteiger partial charge in [0.1, 0.15) is 0 Å². The topological polar surface area (TPSA) is 78.4 Å². The molecule has 0 aromatic carbocycles. The quantitative estimate of drug-likeness (QED) is 0.693. The summed E-state index contributed by atoms with van der Waals surface area (Å²) in [4.78, 5) is 22.5. The average molecular weight is 270 g/mol. The van der Waals surface area contributed by atoms with Crippen molar-refractivity contribution in [2.75, 3.05) is 6.54 Å². The second kappa shape index (κ2) is 6.78. The maximum absolute atomic E-state index is 11.8. The first-order valence-corrected chi connectivity index (χ1v) is 7.11. The van der Waals surface area contributed by atoms with Crippen LogP contribution in [0.25, 0.3) is 0 Å². The lowest BCUT2D eigenvalue weighted by Crippen LogP contribution is -2.47. The van der Waals surface area contributed by atoms with Gasteiger partial charge in [0.15, 0.2) is 0 Å². The highest BCUT2D eigenvalue weighted by Crippen LogP contribution is 2.36. The van der Waals surface area contributed by atoms with E-state index in [2.05, 4.69) is 24.5 Å². The SMILES string of the molecule is CCC(CNC(=O)NC1CCCC1(C)C)CC(=O)O. The number of carbonyl (C=O) groups excluding carboxylic acids is 1. The maximum Gasteiger partial charge on any atom is 0.315 e. The molecular formula is C14H26N2O3. The zero-order chi connectivity index (χ0) is 14.5. The number of hydrogen-bond acceptors (Lipinski definition) is 2. The first kappa shape index (κ1) is 15.8. The Labute approximate surface area is 115 Å². The van der Waals surface area contributed by atoms with E-state index in [1.165, 1.54) is 0 Å². The minimum atomic E-state index is -0.814.